The molecule has 1 atom stereocenters. The molecule has 118 valence electrons. The highest BCUT2D eigenvalue weighted by atomic mass is 35.5. The van der Waals surface area contributed by atoms with Crippen LogP contribution in [0.1, 0.15) is 30.9 Å². The molecule has 1 aliphatic carbocycles. The van der Waals surface area contributed by atoms with Crippen LogP contribution in [0.5, 0.6) is 0 Å². The number of rotatable bonds is 6. The molecule has 0 spiro atoms. The van der Waals surface area contributed by atoms with Crippen molar-refractivity contribution in [2.75, 3.05) is 34.2 Å². The van der Waals surface area contributed by atoms with Crippen LogP contribution in [0.25, 0.3) is 0 Å². The number of benzene rings is 1. The summed E-state index contributed by atoms with van der Waals surface area (Å²) < 4.78 is 13.3. The third kappa shape index (κ3) is 3.39. The first-order valence-corrected chi connectivity index (χ1v) is 7.80. The lowest BCUT2D eigenvalue weighted by Crippen LogP contribution is -2.57. The van der Waals surface area contributed by atoms with Crippen molar-refractivity contribution in [3.8, 4) is 0 Å². The first-order valence-electron chi connectivity index (χ1n) is 7.42. The molecule has 21 heavy (non-hydrogen) atoms. The molecule has 5 heteroatoms. The Bertz CT molecular complexity index is 488. The summed E-state index contributed by atoms with van der Waals surface area (Å²) in [6, 6.07) is 4.94. The van der Waals surface area contributed by atoms with Crippen LogP contribution in [0.3, 0.4) is 0 Å². The molecule has 0 bridgehead atoms. The molecule has 0 aromatic heterocycles. The molecule has 2 N–H and O–H groups in total. The fraction of sp³-hybridized carbons (Fsp3) is 0.625. The molecular formula is C16H25ClFN3. The smallest absolute Gasteiger partial charge is 0.141 e. The summed E-state index contributed by atoms with van der Waals surface area (Å²) >= 11 is 5.90. The second-order valence-electron chi connectivity index (χ2n) is 6.31. The van der Waals surface area contributed by atoms with Gasteiger partial charge in [0.2, 0.25) is 0 Å². The van der Waals surface area contributed by atoms with Gasteiger partial charge in [0.05, 0.1) is 5.02 Å². The fourth-order valence-electron chi connectivity index (χ4n) is 3.20. The molecule has 1 aromatic carbocycles. The summed E-state index contributed by atoms with van der Waals surface area (Å²) in [6.07, 6.45) is 3.71. The number of hydrogen-bond acceptors (Lipinski definition) is 3. The second-order valence-corrected chi connectivity index (χ2v) is 6.72. The molecule has 0 amide bonds. The van der Waals surface area contributed by atoms with Crippen molar-refractivity contribution in [3.63, 3.8) is 0 Å². The SMILES string of the molecule is CN(CC1(N(C)C)CCC1)C(CN)c1ccc(F)c(Cl)c1. The molecule has 3 nitrogen and oxygen atoms in total. The Morgan fingerprint density at radius 3 is 2.43 bits per heavy atom. The Morgan fingerprint density at radius 1 is 1.33 bits per heavy atom. The third-order valence-electron chi connectivity index (χ3n) is 4.86. The van der Waals surface area contributed by atoms with Crippen LogP contribution in [-0.2, 0) is 0 Å². The minimum atomic E-state index is -0.386. The predicted molar refractivity (Wildman–Crippen MR) is 86.1 cm³/mol. The third-order valence-corrected chi connectivity index (χ3v) is 5.15. The molecule has 2 rings (SSSR count). The molecule has 1 aliphatic rings. The fourth-order valence-corrected chi connectivity index (χ4v) is 3.39. The van der Waals surface area contributed by atoms with Gasteiger partial charge >= 0.3 is 0 Å². The van der Waals surface area contributed by atoms with Crippen molar-refractivity contribution >= 4 is 11.6 Å². The largest absolute Gasteiger partial charge is 0.329 e. The summed E-state index contributed by atoms with van der Waals surface area (Å²) in [5, 5.41) is 0.158. The summed E-state index contributed by atoms with van der Waals surface area (Å²) in [5.41, 5.74) is 7.17. The van der Waals surface area contributed by atoms with E-state index in [2.05, 4.69) is 30.9 Å². The van der Waals surface area contributed by atoms with Gasteiger partial charge in [-0.2, -0.15) is 0 Å². The average molecular weight is 314 g/mol. The van der Waals surface area contributed by atoms with Gasteiger partial charge in [-0.15, -0.1) is 0 Å². The first kappa shape index (κ1) is 16.7. The summed E-state index contributed by atoms with van der Waals surface area (Å²) in [5.74, 6) is -0.386. The summed E-state index contributed by atoms with van der Waals surface area (Å²) in [6.45, 7) is 1.44. The summed E-state index contributed by atoms with van der Waals surface area (Å²) in [4.78, 5) is 4.58. The van der Waals surface area contributed by atoms with Gasteiger partial charge in [-0.25, -0.2) is 4.39 Å². The van der Waals surface area contributed by atoms with E-state index in [1.807, 2.05) is 0 Å². The molecule has 0 heterocycles. The van der Waals surface area contributed by atoms with Gasteiger partial charge in [0.25, 0.3) is 0 Å². The normalized spacial score (nSPS) is 18.9. The molecule has 0 saturated heterocycles. The quantitative estimate of drug-likeness (QED) is 0.876. The van der Waals surface area contributed by atoms with E-state index in [1.54, 1.807) is 12.1 Å². The zero-order valence-electron chi connectivity index (χ0n) is 13.1. The molecular weight excluding hydrogens is 289 g/mol. The van der Waals surface area contributed by atoms with Crippen LogP contribution in [0.15, 0.2) is 18.2 Å². The molecule has 1 saturated carbocycles. The first-order chi connectivity index (χ1) is 9.89. The van der Waals surface area contributed by atoms with E-state index in [9.17, 15) is 4.39 Å². The number of nitrogens with zero attached hydrogens (tertiary/aromatic N) is 2. The van der Waals surface area contributed by atoms with Gasteiger partial charge in [0.1, 0.15) is 5.82 Å². The maximum absolute atomic E-state index is 13.3. The van der Waals surface area contributed by atoms with E-state index in [4.69, 9.17) is 17.3 Å². The van der Waals surface area contributed by atoms with Crippen LogP contribution < -0.4 is 5.73 Å². The van der Waals surface area contributed by atoms with E-state index >= 15 is 0 Å². The number of nitrogens with two attached hydrogens (primary N) is 1. The van der Waals surface area contributed by atoms with Crippen LogP contribution in [0.4, 0.5) is 4.39 Å². The van der Waals surface area contributed by atoms with Crippen molar-refractivity contribution in [3.05, 3.63) is 34.6 Å². The number of halogens is 2. The highest BCUT2D eigenvalue weighted by molar-refractivity contribution is 6.30. The number of likely N-dealkylation sites (N-methyl/N-ethyl adjacent to an activating group) is 2. The van der Waals surface area contributed by atoms with Crippen LogP contribution >= 0.6 is 11.6 Å². The van der Waals surface area contributed by atoms with Crippen LogP contribution in [-0.4, -0.2) is 49.6 Å². The maximum Gasteiger partial charge on any atom is 0.141 e. The molecule has 1 unspecified atom stereocenters. The minimum absolute atomic E-state index is 0.0560. The highest BCUT2D eigenvalue weighted by Crippen LogP contribution is 2.38. The average Bonchev–Trinajstić information content (AvgIpc) is 2.38. The summed E-state index contributed by atoms with van der Waals surface area (Å²) in [7, 11) is 6.36. The van der Waals surface area contributed by atoms with E-state index in [0.29, 0.717) is 6.54 Å². The van der Waals surface area contributed by atoms with Gasteiger partial charge in [-0.1, -0.05) is 17.7 Å². The Morgan fingerprint density at radius 2 is 2.00 bits per heavy atom. The van der Waals surface area contributed by atoms with Crippen molar-refractivity contribution < 1.29 is 4.39 Å². The van der Waals surface area contributed by atoms with E-state index < -0.39 is 0 Å². The van der Waals surface area contributed by atoms with Crippen LogP contribution in [0, 0.1) is 5.82 Å². The van der Waals surface area contributed by atoms with E-state index in [1.165, 1.54) is 25.3 Å². The lowest BCUT2D eigenvalue weighted by Gasteiger charge is -2.50. The highest BCUT2D eigenvalue weighted by Gasteiger charge is 2.40. The molecule has 1 fully saturated rings. The van der Waals surface area contributed by atoms with Gasteiger partial charge in [0, 0.05) is 24.7 Å². The topological polar surface area (TPSA) is 32.5 Å². The second kappa shape index (κ2) is 6.61. The molecule has 0 radical (unpaired) electrons. The van der Waals surface area contributed by atoms with Crippen molar-refractivity contribution in [2.24, 2.45) is 5.73 Å². The van der Waals surface area contributed by atoms with Gasteiger partial charge < -0.3 is 10.6 Å². The van der Waals surface area contributed by atoms with Crippen molar-refractivity contribution in [1.82, 2.24) is 9.80 Å². The van der Waals surface area contributed by atoms with Crippen molar-refractivity contribution in [2.45, 2.75) is 30.8 Å². The Hall–Kier alpha value is -0.680. The Kier molecular flexibility index (Phi) is 5.25. The molecule has 0 aliphatic heterocycles. The van der Waals surface area contributed by atoms with Gasteiger partial charge in [0.15, 0.2) is 0 Å². The minimum Gasteiger partial charge on any atom is -0.329 e. The van der Waals surface area contributed by atoms with Crippen molar-refractivity contribution in [1.29, 1.82) is 0 Å². The monoisotopic (exact) mass is 313 g/mol. The lowest BCUT2D eigenvalue weighted by atomic mass is 9.75. The van der Waals surface area contributed by atoms with Crippen LogP contribution in [0.2, 0.25) is 5.02 Å². The number of hydrogen-bond donors (Lipinski definition) is 1. The Labute approximate surface area is 131 Å². The van der Waals surface area contributed by atoms with E-state index in [0.717, 1.165) is 12.1 Å². The lowest BCUT2D eigenvalue weighted by molar-refractivity contribution is 0.0168. The molecule has 1 aromatic rings. The zero-order valence-corrected chi connectivity index (χ0v) is 13.8. The van der Waals surface area contributed by atoms with Gasteiger partial charge in [-0.3, -0.25) is 4.90 Å². The van der Waals surface area contributed by atoms with E-state index in [-0.39, 0.29) is 22.4 Å². The maximum atomic E-state index is 13.3. The zero-order chi connectivity index (χ0) is 15.6. The predicted octanol–water partition coefficient (Wildman–Crippen LogP) is 2.90. The standard InChI is InChI=1S/C16H25ClFN3/c1-20(2)16(7-4-8-16)11-21(3)15(10-19)12-5-6-14(18)13(17)9-12/h5-6,9,15H,4,7-8,10-11,19H2,1-3H3. The van der Waals surface area contributed by atoms with Gasteiger partial charge in [-0.05, 0) is 58.1 Å². The Balaban J connectivity index is 2.14.